The molecule has 0 aromatic heterocycles. The molecule has 0 aliphatic carbocycles. The molecule has 0 spiro atoms. The van der Waals surface area contributed by atoms with Crippen LogP contribution in [0.25, 0.3) is 0 Å². The summed E-state index contributed by atoms with van der Waals surface area (Å²) in [6.45, 7) is 1.84. The quantitative estimate of drug-likeness (QED) is 0.918. The Kier molecular flexibility index (Phi) is 4.06. The summed E-state index contributed by atoms with van der Waals surface area (Å²) in [5.74, 6) is -0.546. The second kappa shape index (κ2) is 5.76. The first kappa shape index (κ1) is 14.1. The first-order valence-electron chi connectivity index (χ1n) is 5.72. The summed E-state index contributed by atoms with van der Waals surface area (Å²) in [7, 11) is 0. The summed E-state index contributed by atoms with van der Waals surface area (Å²) < 4.78 is 6.37. The minimum absolute atomic E-state index is 0.0551. The number of aryl methyl sites for hydroxylation is 1. The SMILES string of the molecule is Cc1ccc(C(=O)O)c(Oc2cc(Br)ccc2C#N)c1. The highest BCUT2D eigenvalue weighted by Gasteiger charge is 2.14. The Labute approximate surface area is 124 Å². The van der Waals surface area contributed by atoms with Gasteiger partial charge in [0.15, 0.2) is 0 Å². The lowest BCUT2D eigenvalue weighted by Gasteiger charge is -2.11. The van der Waals surface area contributed by atoms with Crippen LogP contribution in [0, 0.1) is 18.3 Å². The van der Waals surface area contributed by atoms with E-state index in [0.29, 0.717) is 11.3 Å². The number of carboxylic acids is 1. The van der Waals surface area contributed by atoms with Crippen LogP contribution < -0.4 is 4.74 Å². The van der Waals surface area contributed by atoms with E-state index in [9.17, 15) is 4.79 Å². The molecule has 0 saturated carbocycles. The van der Waals surface area contributed by atoms with Crippen molar-refractivity contribution in [2.24, 2.45) is 0 Å². The van der Waals surface area contributed by atoms with Crippen molar-refractivity contribution >= 4 is 21.9 Å². The summed E-state index contributed by atoms with van der Waals surface area (Å²) in [6.07, 6.45) is 0. The van der Waals surface area contributed by atoms with Gasteiger partial charge in [0.25, 0.3) is 0 Å². The molecule has 0 bridgehead atoms. The van der Waals surface area contributed by atoms with Crippen molar-refractivity contribution in [3.63, 3.8) is 0 Å². The number of nitrogens with zero attached hydrogens (tertiary/aromatic N) is 1. The third-order valence-corrected chi connectivity index (χ3v) is 3.14. The topological polar surface area (TPSA) is 70.3 Å². The third-order valence-electron chi connectivity index (χ3n) is 2.65. The highest BCUT2D eigenvalue weighted by atomic mass is 79.9. The molecule has 0 heterocycles. The number of carboxylic acid groups (broad SMARTS) is 1. The Morgan fingerprint density at radius 2 is 2.00 bits per heavy atom. The van der Waals surface area contributed by atoms with Gasteiger partial charge in [-0.15, -0.1) is 0 Å². The first-order valence-corrected chi connectivity index (χ1v) is 6.52. The van der Waals surface area contributed by atoms with Crippen molar-refractivity contribution in [2.75, 3.05) is 0 Å². The van der Waals surface area contributed by atoms with Crippen LogP contribution in [0.5, 0.6) is 11.5 Å². The van der Waals surface area contributed by atoms with Crippen LogP contribution in [0.4, 0.5) is 0 Å². The van der Waals surface area contributed by atoms with Gasteiger partial charge in [-0.05, 0) is 42.8 Å². The predicted octanol–water partition coefficient (Wildman–Crippen LogP) is 4.12. The number of carbonyl (C=O) groups is 1. The summed E-state index contributed by atoms with van der Waals surface area (Å²) >= 11 is 3.30. The first-order chi connectivity index (χ1) is 9.51. The van der Waals surface area contributed by atoms with Crippen LogP contribution in [-0.4, -0.2) is 11.1 Å². The van der Waals surface area contributed by atoms with Gasteiger partial charge in [-0.3, -0.25) is 0 Å². The van der Waals surface area contributed by atoms with Gasteiger partial charge in [0.05, 0.1) is 5.56 Å². The maximum atomic E-state index is 11.2. The molecule has 0 fully saturated rings. The van der Waals surface area contributed by atoms with Gasteiger partial charge in [0, 0.05) is 4.47 Å². The van der Waals surface area contributed by atoms with Crippen LogP contribution in [0.2, 0.25) is 0 Å². The lowest BCUT2D eigenvalue weighted by Crippen LogP contribution is -2.01. The predicted molar refractivity (Wildman–Crippen MR) is 77.1 cm³/mol. The molecule has 0 saturated heterocycles. The van der Waals surface area contributed by atoms with E-state index in [1.54, 1.807) is 30.3 Å². The van der Waals surface area contributed by atoms with Crippen molar-refractivity contribution in [1.82, 2.24) is 0 Å². The van der Waals surface area contributed by atoms with Gasteiger partial charge in [-0.1, -0.05) is 22.0 Å². The van der Waals surface area contributed by atoms with E-state index in [4.69, 9.17) is 15.1 Å². The molecule has 0 amide bonds. The molecular weight excluding hydrogens is 322 g/mol. The molecule has 2 aromatic rings. The van der Waals surface area contributed by atoms with Crippen molar-refractivity contribution in [3.8, 4) is 17.6 Å². The van der Waals surface area contributed by atoms with E-state index < -0.39 is 5.97 Å². The van der Waals surface area contributed by atoms with Crippen LogP contribution in [0.1, 0.15) is 21.5 Å². The summed E-state index contributed by atoms with van der Waals surface area (Å²) in [4.78, 5) is 11.2. The van der Waals surface area contributed by atoms with E-state index in [0.717, 1.165) is 10.0 Å². The van der Waals surface area contributed by atoms with Gasteiger partial charge in [0.1, 0.15) is 23.1 Å². The van der Waals surface area contributed by atoms with Crippen molar-refractivity contribution in [3.05, 3.63) is 57.6 Å². The minimum Gasteiger partial charge on any atom is -0.478 e. The molecular formula is C15H10BrNO3. The molecule has 0 radical (unpaired) electrons. The number of rotatable bonds is 3. The number of benzene rings is 2. The Morgan fingerprint density at radius 3 is 2.65 bits per heavy atom. The Balaban J connectivity index is 2.50. The van der Waals surface area contributed by atoms with E-state index in [2.05, 4.69) is 15.9 Å². The zero-order valence-corrected chi connectivity index (χ0v) is 12.1. The molecule has 4 nitrogen and oxygen atoms in total. The number of hydrogen-bond acceptors (Lipinski definition) is 3. The van der Waals surface area contributed by atoms with E-state index in [1.807, 2.05) is 13.0 Å². The zero-order valence-electron chi connectivity index (χ0n) is 10.6. The monoisotopic (exact) mass is 331 g/mol. The van der Waals surface area contributed by atoms with Gasteiger partial charge in [0.2, 0.25) is 0 Å². The third kappa shape index (κ3) is 2.98. The van der Waals surface area contributed by atoms with Gasteiger partial charge in [-0.25, -0.2) is 4.79 Å². The van der Waals surface area contributed by atoms with Crippen molar-refractivity contribution in [1.29, 1.82) is 5.26 Å². The zero-order chi connectivity index (χ0) is 14.7. The average molecular weight is 332 g/mol. The van der Waals surface area contributed by atoms with Gasteiger partial charge in [-0.2, -0.15) is 5.26 Å². The second-order valence-corrected chi connectivity index (χ2v) is 5.07. The number of ether oxygens (including phenoxy) is 1. The average Bonchev–Trinajstić information content (AvgIpc) is 2.38. The molecule has 0 atom stereocenters. The molecule has 0 aliphatic rings. The Bertz CT molecular complexity index is 720. The Hall–Kier alpha value is -2.32. The van der Waals surface area contributed by atoms with E-state index in [1.165, 1.54) is 6.07 Å². The summed E-state index contributed by atoms with van der Waals surface area (Å²) in [5, 5.41) is 18.2. The fourth-order valence-corrected chi connectivity index (χ4v) is 2.02. The lowest BCUT2D eigenvalue weighted by atomic mass is 10.1. The van der Waals surface area contributed by atoms with Gasteiger partial charge >= 0.3 is 5.97 Å². The highest BCUT2D eigenvalue weighted by Crippen LogP contribution is 2.31. The maximum Gasteiger partial charge on any atom is 0.339 e. The highest BCUT2D eigenvalue weighted by molar-refractivity contribution is 9.10. The second-order valence-electron chi connectivity index (χ2n) is 4.16. The van der Waals surface area contributed by atoms with Crippen LogP contribution in [0.15, 0.2) is 40.9 Å². The van der Waals surface area contributed by atoms with E-state index in [-0.39, 0.29) is 11.3 Å². The number of nitriles is 1. The normalized spacial score (nSPS) is 9.85. The molecule has 0 aliphatic heterocycles. The fraction of sp³-hybridized carbons (Fsp3) is 0.0667. The van der Waals surface area contributed by atoms with Crippen molar-refractivity contribution < 1.29 is 14.6 Å². The van der Waals surface area contributed by atoms with Crippen LogP contribution in [0.3, 0.4) is 0 Å². The molecule has 1 N–H and O–H groups in total. The number of halogens is 1. The van der Waals surface area contributed by atoms with Crippen molar-refractivity contribution in [2.45, 2.75) is 6.92 Å². The van der Waals surface area contributed by atoms with Crippen LogP contribution >= 0.6 is 15.9 Å². The lowest BCUT2D eigenvalue weighted by molar-refractivity contribution is 0.0694. The maximum absolute atomic E-state index is 11.2. The molecule has 2 rings (SSSR count). The summed E-state index contributed by atoms with van der Waals surface area (Å²) in [5.41, 5.74) is 1.27. The largest absolute Gasteiger partial charge is 0.478 e. The van der Waals surface area contributed by atoms with E-state index >= 15 is 0 Å². The smallest absolute Gasteiger partial charge is 0.339 e. The molecule has 5 heteroatoms. The number of hydrogen-bond donors (Lipinski definition) is 1. The standard InChI is InChI=1S/C15H10BrNO3/c1-9-2-5-12(15(18)19)14(6-9)20-13-7-11(16)4-3-10(13)8-17/h2-7H,1H3,(H,18,19). The number of aromatic carboxylic acids is 1. The fourth-order valence-electron chi connectivity index (χ4n) is 1.68. The molecule has 0 unspecified atom stereocenters. The summed E-state index contributed by atoms with van der Waals surface area (Å²) in [6, 6.07) is 11.8. The molecule has 100 valence electrons. The Morgan fingerprint density at radius 1 is 1.25 bits per heavy atom. The minimum atomic E-state index is -1.08. The van der Waals surface area contributed by atoms with Crippen LogP contribution in [-0.2, 0) is 0 Å². The van der Waals surface area contributed by atoms with Gasteiger partial charge < -0.3 is 9.84 Å². The molecule has 2 aromatic carbocycles. The molecule has 20 heavy (non-hydrogen) atoms.